The highest BCUT2D eigenvalue weighted by molar-refractivity contribution is 6.02. The number of fused-ring (bicyclic) bond motifs is 1. The second-order valence-corrected chi connectivity index (χ2v) is 6.06. The van der Waals surface area contributed by atoms with E-state index in [1.54, 1.807) is 0 Å². The summed E-state index contributed by atoms with van der Waals surface area (Å²) in [4.78, 5) is 12.8. The minimum Gasteiger partial charge on any atom is -0.492 e. The maximum Gasteiger partial charge on any atom is 0.173 e. The van der Waals surface area contributed by atoms with Crippen molar-refractivity contribution < 1.29 is 9.53 Å². The second-order valence-electron chi connectivity index (χ2n) is 6.06. The first-order chi connectivity index (χ1) is 10.1. The van der Waals surface area contributed by atoms with Crippen LogP contribution in [0.1, 0.15) is 41.3 Å². The lowest BCUT2D eigenvalue weighted by molar-refractivity contribution is 0.0947. The van der Waals surface area contributed by atoms with Crippen molar-refractivity contribution in [3.8, 4) is 5.75 Å². The van der Waals surface area contributed by atoms with E-state index in [9.17, 15) is 4.79 Å². The van der Waals surface area contributed by atoms with Crippen molar-refractivity contribution in [2.24, 2.45) is 5.92 Å². The molecule has 0 saturated heterocycles. The van der Waals surface area contributed by atoms with Gasteiger partial charge in [-0.3, -0.25) is 4.79 Å². The average Bonchev–Trinajstić information content (AvgIpc) is 2.90. The van der Waals surface area contributed by atoms with Crippen LogP contribution in [0.5, 0.6) is 5.75 Å². The van der Waals surface area contributed by atoms with Crippen LogP contribution in [-0.4, -0.2) is 12.4 Å². The molecule has 0 fully saturated rings. The summed E-state index contributed by atoms with van der Waals surface area (Å²) in [6, 6.07) is 15.8. The van der Waals surface area contributed by atoms with E-state index in [2.05, 4.69) is 19.9 Å². The zero-order valence-electron chi connectivity index (χ0n) is 12.5. The van der Waals surface area contributed by atoms with Crippen LogP contribution in [-0.2, 0) is 6.42 Å². The number of carbonyl (C=O) groups is 1. The number of hydrogen-bond donors (Lipinski definition) is 0. The van der Waals surface area contributed by atoms with Gasteiger partial charge in [0.25, 0.3) is 0 Å². The highest BCUT2D eigenvalue weighted by atomic mass is 16.5. The molecule has 0 amide bonds. The molecule has 2 aromatic rings. The van der Waals surface area contributed by atoms with E-state index in [4.69, 9.17) is 4.74 Å². The summed E-state index contributed by atoms with van der Waals surface area (Å²) >= 11 is 0. The Morgan fingerprint density at radius 3 is 2.81 bits per heavy atom. The van der Waals surface area contributed by atoms with Crippen LogP contribution in [0.4, 0.5) is 0 Å². The van der Waals surface area contributed by atoms with E-state index in [-0.39, 0.29) is 11.7 Å². The molecule has 0 spiro atoms. The molecule has 1 heterocycles. The molecule has 21 heavy (non-hydrogen) atoms. The van der Waals surface area contributed by atoms with Crippen molar-refractivity contribution in [1.29, 1.82) is 0 Å². The Morgan fingerprint density at radius 2 is 2.00 bits per heavy atom. The van der Waals surface area contributed by atoms with Gasteiger partial charge in [0.1, 0.15) is 12.4 Å². The third-order valence-electron chi connectivity index (χ3n) is 3.87. The van der Waals surface area contributed by atoms with Crippen molar-refractivity contribution in [3.05, 3.63) is 65.2 Å². The van der Waals surface area contributed by atoms with E-state index in [0.717, 1.165) is 23.3 Å². The summed E-state index contributed by atoms with van der Waals surface area (Å²) in [5.41, 5.74) is 3.03. The Morgan fingerprint density at radius 1 is 1.19 bits per heavy atom. The van der Waals surface area contributed by atoms with Gasteiger partial charge >= 0.3 is 0 Å². The molecular weight excluding hydrogens is 260 g/mol. The van der Waals surface area contributed by atoms with Gasteiger partial charge in [0, 0.05) is 11.1 Å². The Bertz CT molecular complexity index is 658. The molecular formula is C19H20O2. The summed E-state index contributed by atoms with van der Waals surface area (Å²) in [6.07, 6.45) is 0.999. The molecule has 0 aliphatic carbocycles. The largest absolute Gasteiger partial charge is 0.492 e. The maximum absolute atomic E-state index is 12.8. The standard InChI is InChI=1S/C19H20O2/c1-13(2)10-14-6-5-7-15(11-14)19(20)17-12-21-18-9-4-3-8-16(17)18/h3-9,11,13,17H,10,12H2,1-2H3. The average molecular weight is 280 g/mol. The Balaban J connectivity index is 1.86. The predicted molar refractivity (Wildman–Crippen MR) is 84.0 cm³/mol. The first-order valence-corrected chi connectivity index (χ1v) is 7.50. The van der Waals surface area contributed by atoms with Gasteiger partial charge in [0.2, 0.25) is 0 Å². The first kappa shape index (κ1) is 13.9. The number of benzene rings is 2. The minimum absolute atomic E-state index is 0.158. The van der Waals surface area contributed by atoms with E-state index < -0.39 is 0 Å². The Kier molecular flexibility index (Phi) is 3.78. The van der Waals surface area contributed by atoms with Gasteiger partial charge < -0.3 is 4.74 Å². The molecule has 2 nitrogen and oxygen atoms in total. The number of hydrogen-bond acceptors (Lipinski definition) is 2. The Hall–Kier alpha value is -2.09. The monoisotopic (exact) mass is 280 g/mol. The summed E-state index contributed by atoms with van der Waals surface area (Å²) < 4.78 is 5.63. The van der Waals surface area contributed by atoms with Gasteiger partial charge in [-0.25, -0.2) is 0 Å². The number of para-hydroxylation sites is 1. The summed E-state index contributed by atoms with van der Waals surface area (Å²) in [5, 5.41) is 0. The third-order valence-corrected chi connectivity index (χ3v) is 3.87. The number of carbonyl (C=O) groups excluding carboxylic acids is 1. The molecule has 2 aromatic carbocycles. The molecule has 1 atom stereocenters. The van der Waals surface area contributed by atoms with Gasteiger partial charge in [-0.1, -0.05) is 50.2 Å². The highest BCUT2D eigenvalue weighted by Crippen LogP contribution is 2.35. The molecule has 0 radical (unpaired) electrons. The zero-order chi connectivity index (χ0) is 14.8. The normalized spacial score (nSPS) is 16.6. The summed E-state index contributed by atoms with van der Waals surface area (Å²) in [6.45, 7) is 4.83. The van der Waals surface area contributed by atoms with Gasteiger partial charge in [-0.2, -0.15) is 0 Å². The predicted octanol–water partition coefficient (Wildman–Crippen LogP) is 4.24. The second kappa shape index (κ2) is 5.72. The van der Waals surface area contributed by atoms with Crippen LogP contribution in [0.2, 0.25) is 0 Å². The van der Waals surface area contributed by atoms with Crippen LogP contribution in [0, 0.1) is 5.92 Å². The number of Topliss-reactive ketones (excluding diaryl/α,β-unsaturated/α-hetero) is 1. The van der Waals surface area contributed by atoms with Crippen LogP contribution in [0.25, 0.3) is 0 Å². The van der Waals surface area contributed by atoms with Gasteiger partial charge in [-0.05, 0) is 30.0 Å². The molecule has 0 bridgehead atoms. The van der Waals surface area contributed by atoms with Crippen molar-refractivity contribution in [3.63, 3.8) is 0 Å². The molecule has 1 aliphatic rings. The summed E-state index contributed by atoms with van der Waals surface area (Å²) in [7, 11) is 0. The molecule has 1 aliphatic heterocycles. The highest BCUT2D eigenvalue weighted by Gasteiger charge is 2.30. The lowest BCUT2D eigenvalue weighted by Crippen LogP contribution is -2.14. The number of ketones is 1. The topological polar surface area (TPSA) is 26.3 Å². The first-order valence-electron chi connectivity index (χ1n) is 7.50. The van der Waals surface area contributed by atoms with Crippen molar-refractivity contribution in [1.82, 2.24) is 0 Å². The SMILES string of the molecule is CC(C)Cc1cccc(C(=O)C2COc3ccccc32)c1. The van der Waals surface area contributed by atoms with Crippen molar-refractivity contribution in [2.75, 3.05) is 6.61 Å². The maximum atomic E-state index is 12.8. The van der Waals surface area contributed by atoms with Gasteiger partial charge in [0.15, 0.2) is 5.78 Å². The quantitative estimate of drug-likeness (QED) is 0.783. The minimum atomic E-state index is -0.171. The van der Waals surface area contributed by atoms with E-state index >= 15 is 0 Å². The lowest BCUT2D eigenvalue weighted by Gasteiger charge is -2.10. The van der Waals surface area contributed by atoms with E-state index in [1.807, 2.05) is 42.5 Å². The summed E-state index contributed by atoms with van der Waals surface area (Å²) in [5.74, 6) is 1.42. The van der Waals surface area contributed by atoms with Gasteiger partial charge in [-0.15, -0.1) is 0 Å². The third kappa shape index (κ3) is 2.85. The van der Waals surface area contributed by atoms with Crippen LogP contribution >= 0.6 is 0 Å². The fourth-order valence-electron chi connectivity index (χ4n) is 2.90. The molecule has 0 aromatic heterocycles. The number of ether oxygens (including phenoxy) is 1. The van der Waals surface area contributed by atoms with Crippen LogP contribution in [0.3, 0.4) is 0 Å². The lowest BCUT2D eigenvalue weighted by atomic mass is 9.91. The molecule has 1 unspecified atom stereocenters. The van der Waals surface area contributed by atoms with E-state index in [1.165, 1.54) is 5.56 Å². The van der Waals surface area contributed by atoms with E-state index in [0.29, 0.717) is 12.5 Å². The smallest absolute Gasteiger partial charge is 0.173 e. The Labute approximate surface area is 125 Å². The molecule has 108 valence electrons. The number of rotatable bonds is 4. The van der Waals surface area contributed by atoms with Crippen molar-refractivity contribution in [2.45, 2.75) is 26.2 Å². The molecule has 0 saturated carbocycles. The molecule has 2 heteroatoms. The molecule has 0 N–H and O–H groups in total. The fraction of sp³-hybridized carbons (Fsp3) is 0.316. The van der Waals surface area contributed by atoms with Crippen LogP contribution < -0.4 is 4.74 Å². The van der Waals surface area contributed by atoms with Crippen molar-refractivity contribution >= 4 is 5.78 Å². The fourth-order valence-corrected chi connectivity index (χ4v) is 2.90. The van der Waals surface area contributed by atoms with Gasteiger partial charge in [0.05, 0.1) is 5.92 Å². The van der Waals surface area contributed by atoms with Crippen LogP contribution in [0.15, 0.2) is 48.5 Å². The zero-order valence-corrected chi connectivity index (χ0v) is 12.5. The molecule has 3 rings (SSSR count).